The van der Waals surface area contributed by atoms with Crippen LogP contribution in [0.2, 0.25) is 0 Å². The Labute approximate surface area is 266 Å². The van der Waals surface area contributed by atoms with Crippen molar-refractivity contribution >= 4 is 11.8 Å². The van der Waals surface area contributed by atoms with E-state index in [0.29, 0.717) is 81.8 Å². The highest BCUT2D eigenvalue weighted by Crippen LogP contribution is 2.56. The van der Waals surface area contributed by atoms with Gasteiger partial charge in [-0.15, -0.1) is 0 Å². The van der Waals surface area contributed by atoms with Crippen LogP contribution in [-0.2, 0) is 22.3 Å². The van der Waals surface area contributed by atoms with Gasteiger partial charge >= 0.3 is 0 Å². The minimum absolute atomic E-state index is 0.0562. The molecule has 4 aromatic rings. The number of hydrogen-bond acceptors (Lipinski definition) is 10. The smallest absolute Gasteiger partial charge is 0.231 e. The van der Waals surface area contributed by atoms with Gasteiger partial charge in [0.15, 0.2) is 23.0 Å². The van der Waals surface area contributed by atoms with Gasteiger partial charge in [0.05, 0.1) is 37.4 Å². The van der Waals surface area contributed by atoms with Crippen molar-refractivity contribution in [2.45, 2.75) is 24.9 Å². The summed E-state index contributed by atoms with van der Waals surface area (Å²) < 4.78 is 48.3. The highest BCUT2D eigenvalue weighted by molar-refractivity contribution is 6.11. The van der Waals surface area contributed by atoms with Crippen LogP contribution >= 0.6 is 0 Å². The van der Waals surface area contributed by atoms with Crippen LogP contribution in [0.15, 0.2) is 82.8 Å². The maximum atomic E-state index is 6.30. The minimum atomic E-state index is -0.0685. The second kappa shape index (κ2) is 11.8. The standard InChI is InChI=1S/C36H32N2O8/c1-39-33-29(25(15-27-31(33)45-19-43-27)35-37-23(17-41-35)13-21-9-5-3-6-10-21)30-26(16-28-32(34(30)40-2)46-20-44-28)36-38-24(18-42-36)14-22-11-7-4-8-12-22/h3-12,15-16,23-24H,13-14,17-20H2,1-2H3/t23-,24-/m0/s1. The Morgan fingerprint density at radius 2 is 1.02 bits per heavy atom. The van der Waals surface area contributed by atoms with Crippen molar-refractivity contribution in [3.05, 3.63) is 95.1 Å². The Hall–Kier alpha value is -5.38. The van der Waals surface area contributed by atoms with Crippen molar-refractivity contribution in [2.75, 3.05) is 41.0 Å². The topological polar surface area (TPSA) is 98.6 Å². The van der Waals surface area contributed by atoms with Crippen LogP contribution in [0.25, 0.3) is 11.1 Å². The molecule has 0 saturated heterocycles. The third-order valence-electron chi connectivity index (χ3n) is 8.41. The van der Waals surface area contributed by atoms with E-state index < -0.39 is 0 Å². The van der Waals surface area contributed by atoms with E-state index >= 15 is 0 Å². The number of benzene rings is 4. The molecule has 234 valence electrons. The summed E-state index contributed by atoms with van der Waals surface area (Å²) in [6.07, 6.45) is 1.49. The van der Waals surface area contributed by atoms with Crippen LogP contribution in [0.5, 0.6) is 34.5 Å². The van der Waals surface area contributed by atoms with Crippen LogP contribution in [0.1, 0.15) is 22.3 Å². The average Bonchev–Trinajstić information content (AvgIpc) is 3.92. The van der Waals surface area contributed by atoms with Crippen molar-refractivity contribution < 1.29 is 37.9 Å². The molecule has 0 spiro atoms. The molecule has 4 heterocycles. The zero-order valence-electron chi connectivity index (χ0n) is 25.5. The fraction of sp³-hybridized carbons (Fsp3) is 0.278. The lowest BCUT2D eigenvalue weighted by atomic mass is 9.91. The molecule has 0 aromatic heterocycles. The fourth-order valence-electron chi connectivity index (χ4n) is 6.35. The molecular formula is C36H32N2O8. The van der Waals surface area contributed by atoms with Crippen LogP contribution < -0.4 is 28.4 Å². The van der Waals surface area contributed by atoms with Gasteiger partial charge in [0.25, 0.3) is 0 Å². The number of ether oxygens (including phenoxy) is 8. The molecule has 4 aromatic carbocycles. The first-order valence-corrected chi connectivity index (χ1v) is 15.2. The van der Waals surface area contributed by atoms with Gasteiger partial charge < -0.3 is 37.9 Å². The monoisotopic (exact) mass is 620 g/mol. The molecular weight excluding hydrogens is 588 g/mol. The normalized spacial score (nSPS) is 18.9. The predicted octanol–water partition coefficient (Wildman–Crippen LogP) is 5.60. The predicted molar refractivity (Wildman–Crippen MR) is 170 cm³/mol. The molecule has 10 nitrogen and oxygen atoms in total. The second-order valence-electron chi connectivity index (χ2n) is 11.3. The molecule has 0 aliphatic carbocycles. The molecule has 0 amide bonds. The maximum Gasteiger partial charge on any atom is 0.231 e. The summed E-state index contributed by atoms with van der Waals surface area (Å²) in [7, 11) is 3.19. The van der Waals surface area contributed by atoms with Gasteiger partial charge in [0.1, 0.15) is 13.2 Å². The van der Waals surface area contributed by atoms with Gasteiger partial charge in [-0.3, -0.25) is 0 Å². The van der Waals surface area contributed by atoms with Gasteiger partial charge in [-0.2, -0.15) is 0 Å². The summed E-state index contributed by atoms with van der Waals surface area (Å²) in [5, 5.41) is 0. The van der Waals surface area contributed by atoms with E-state index in [1.165, 1.54) is 11.1 Å². The second-order valence-corrected chi connectivity index (χ2v) is 11.3. The van der Waals surface area contributed by atoms with E-state index in [-0.39, 0.29) is 25.7 Å². The number of fused-ring (bicyclic) bond motifs is 2. The Morgan fingerprint density at radius 1 is 0.587 bits per heavy atom. The van der Waals surface area contributed by atoms with Gasteiger partial charge in [0, 0.05) is 11.1 Å². The summed E-state index contributed by atoms with van der Waals surface area (Å²) in [5.74, 6) is 3.84. The Bertz CT molecular complexity index is 1710. The van der Waals surface area contributed by atoms with Crippen LogP contribution in [0.3, 0.4) is 0 Å². The van der Waals surface area contributed by atoms with Gasteiger partial charge in [-0.05, 0) is 36.1 Å². The van der Waals surface area contributed by atoms with E-state index in [4.69, 9.17) is 47.9 Å². The Morgan fingerprint density at radius 3 is 1.43 bits per heavy atom. The zero-order valence-corrected chi connectivity index (χ0v) is 25.5. The summed E-state index contributed by atoms with van der Waals surface area (Å²) in [6.45, 7) is 0.979. The Kier molecular flexibility index (Phi) is 7.24. The van der Waals surface area contributed by atoms with E-state index in [2.05, 4.69) is 24.3 Å². The zero-order chi connectivity index (χ0) is 31.0. The van der Waals surface area contributed by atoms with E-state index in [0.717, 1.165) is 12.8 Å². The van der Waals surface area contributed by atoms with Crippen LogP contribution in [-0.4, -0.2) is 64.9 Å². The number of rotatable bonds is 9. The molecule has 4 aliphatic rings. The number of methoxy groups -OCH3 is 2. The average molecular weight is 621 g/mol. The number of aliphatic imine (C=N–C) groups is 2. The third kappa shape index (κ3) is 4.99. The van der Waals surface area contributed by atoms with Gasteiger partial charge in [-0.1, -0.05) is 60.7 Å². The van der Waals surface area contributed by atoms with Crippen molar-refractivity contribution in [3.8, 4) is 45.6 Å². The first-order chi connectivity index (χ1) is 22.7. The Balaban J connectivity index is 1.30. The maximum absolute atomic E-state index is 6.30. The lowest BCUT2D eigenvalue weighted by molar-refractivity contribution is 0.171. The first kappa shape index (κ1) is 28.1. The largest absolute Gasteiger partial charge is 0.492 e. The molecule has 0 unspecified atom stereocenters. The molecule has 46 heavy (non-hydrogen) atoms. The summed E-state index contributed by atoms with van der Waals surface area (Å²) >= 11 is 0. The molecule has 0 radical (unpaired) electrons. The first-order valence-electron chi connectivity index (χ1n) is 15.2. The van der Waals surface area contributed by atoms with Crippen LogP contribution in [0, 0.1) is 0 Å². The molecule has 0 fully saturated rings. The minimum Gasteiger partial charge on any atom is -0.492 e. The highest BCUT2D eigenvalue weighted by atomic mass is 16.7. The third-order valence-corrected chi connectivity index (χ3v) is 8.41. The van der Waals surface area contributed by atoms with E-state index in [1.807, 2.05) is 48.5 Å². The fourth-order valence-corrected chi connectivity index (χ4v) is 6.35. The highest BCUT2D eigenvalue weighted by Gasteiger charge is 2.38. The molecule has 4 aliphatic heterocycles. The SMILES string of the molecule is COc1c2c(cc(C3=N[C@@H](Cc4ccccc4)CO3)c1-c1c(C3=N[C@@H](Cc4ccccc4)CO3)cc3c(c1OC)OCO3)OCO2. The van der Waals surface area contributed by atoms with Crippen molar-refractivity contribution in [1.82, 2.24) is 0 Å². The van der Waals surface area contributed by atoms with Gasteiger partial charge in [0.2, 0.25) is 36.9 Å². The molecule has 0 saturated carbocycles. The van der Waals surface area contributed by atoms with E-state index in [9.17, 15) is 0 Å². The quantitative estimate of drug-likeness (QED) is 0.238. The molecule has 8 rings (SSSR count). The van der Waals surface area contributed by atoms with E-state index in [1.54, 1.807) is 14.2 Å². The molecule has 10 heteroatoms. The summed E-state index contributed by atoms with van der Waals surface area (Å²) in [4.78, 5) is 10.1. The summed E-state index contributed by atoms with van der Waals surface area (Å²) in [5.41, 5.74) is 4.96. The molecule has 0 bridgehead atoms. The lowest BCUT2D eigenvalue weighted by Gasteiger charge is -2.21. The lowest BCUT2D eigenvalue weighted by Crippen LogP contribution is -2.11. The summed E-state index contributed by atoms with van der Waals surface area (Å²) in [6, 6.07) is 24.1. The number of hydrogen-bond donors (Lipinski definition) is 0. The van der Waals surface area contributed by atoms with Gasteiger partial charge in [-0.25, -0.2) is 9.98 Å². The molecule has 2 atom stereocenters. The number of nitrogens with zero attached hydrogens (tertiary/aromatic N) is 2. The van der Waals surface area contributed by atoms with Crippen molar-refractivity contribution in [1.29, 1.82) is 0 Å². The van der Waals surface area contributed by atoms with Crippen LogP contribution in [0.4, 0.5) is 0 Å². The van der Waals surface area contributed by atoms with Crippen molar-refractivity contribution in [3.63, 3.8) is 0 Å². The van der Waals surface area contributed by atoms with Crippen molar-refractivity contribution in [2.24, 2.45) is 9.98 Å². The molecule has 0 N–H and O–H groups in total.